The SMILES string of the molecule is Cc1cc(C)cc(NC(=O)[C@@H]2Sc3nnc(C)n3N[C@H]2c2ccc(F)cc2)c1. The lowest BCUT2D eigenvalue weighted by Gasteiger charge is -2.32. The molecule has 0 saturated heterocycles. The molecule has 2 N–H and O–H groups in total. The first-order valence-electron chi connectivity index (χ1n) is 8.90. The summed E-state index contributed by atoms with van der Waals surface area (Å²) in [4.78, 5) is 13.2. The van der Waals surface area contributed by atoms with E-state index in [0.29, 0.717) is 11.0 Å². The number of hydrogen-bond donors (Lipinski definition) is 2. The van der Waals surface area contributed by atoms with E-state index in [9.17, 15) is 9.18 Å². The third-order valence-corrected chi connectivity index (χ3v) is 5.79. The van der Waals surface area contributed by atoms with Crippen LogP contribution in [0.25, 0.3) is 0 Å². The Kier molecular flexibility index (Phi) is 4.80. The van der Waals surface area contributed by atoms with Gasteiger partial charge in [-0.3, -0.25) is 4.79 Å². The minimum absolute atomic E-state index is 0.149. The van der Waals surface area contributed by atoms with Gasteiger partial charge in [-0.05, 0) is 61.7 Å². The van der Waals surface area contributed by atoms with Crippen LogP contribution in [-0.4, -0.2) is 26.0 Å². The summed E-state index contributed by atoms with van der Waals surface area (Å²) in [6.45, 7) is 5.82. The number of benzene rings is 2. The number of aryl methyl sites for hydroxylation is 3. The van der Waals surface area contributed by atoms with E-state index in [2.05, 4.69) is 27.0 Å². The lowest BCUT2D eigenvalue weighted by Crippen LogP contribution is -2.41. The number of amides is 1. The summed E-state index contributed by atoms with van der Waals surface area (Å²) in [7, 11) is 0. The van der Waals surface area contributed by atoms with Crippen molar-refractivity contribution in [1.29, 1.82) is 0 Å². The first-order valence-corrected chi connectivity index (χ1v) is 9.78. The molecule has 0 radical (unpaired) electrons. The Morgan fingerprint density at radius 1 is 1.11 bits per heavy atom. The van der Waals surface area contributed by atoms with Crippen molar-refractivity contribution < 1.29 is 9.18 Å². The molecule has 0 saturated carbocycles. The van der Waals surface area contributed by atoms with Crippen LogP contribution < -0.4 is 10.7 Å². The van der Waals surface area contributed by atoms with Gasteiger partial charge in [0, 0.05) is 5.69 Å². The first kappa shape index (κ1) is 18.5. The predicted molar refractivity (Wildman–Crippen MR) is 107 cm³/mol. The Hall–Kier alpha value is -2.87. The van der Waals surface area contributed by atoms with Gasteiger partial charge in [0.2, 0.25) is 11.1 Å². The molecule has 8 heteroatoms. The summed E-state index contributed by atoms with van der Waals surface area (Å²) in [6, 6.07) is 11.7. The summed E-state index contributed by atoms with van der Waals surface area (Å²) in [5.74, 6) is 0.233. The van der Waals surface area contributed by atoms with Crippen molar-refractivity contribution in [3.8, 4) is 0 Å². The van der Waals surface area contributed by atoms with Gasteiger partial charge >= 0.3 is 0 Å². The molecular weight excluding hydrogens is 377 g/mol. The molecule has 0 aliphatic carbocycles. The van der Waals surface area contributed by atoms with E-state index in [0.717, 1.165) is 22.4 Å². The molecule has 28 heavy (non-hydrogen) atoms. The van der Waals surface area contributed by atoms with Crippen molar-refractivity contribution in [2.45, 2.75) is 37.2 Å². The summed E-state index contributed by atoms with van der Waals surface area (Å²) < 4.78 is 15.2. The third kappa shape index (κ3) is 3.60. The van der Waals surface area contributed by atoms with E-state index in [4.69, 9.17) is 0 Å². The third-order valence-electron chi connectivity index (χ3n) is 4.58. The van der Waals surface area contributed by atoms with Crippen LogP contribution in [0.5, 0.6) is 0 Å². The largest absolute Gasteiger partial charge is 0.325 e. The Labute approximate surface area is 166 Å². The van der Waals surface area contributed by atoms with Crippen LogP contribution in [0.4, 0.5) is 10.1 Å². The molecule has 3 aromatic rings. The molecule has 1 amide bonds. The van der Waals surface area contributed by atoms with Gasteiger partial charge in [-0.25, -0.2) is 9.07 Å². The maximum Gasteiger partial charge on any atom is 0.240 e. The van der Waals surface area contributed by atoms with Gasteiger partial charge in [0.05, 0.1) is 6.04 Å². The van der Waals surface area contributed by atoms with Gasteiger partial charge in [0.25, 0.3) is 0 Å². The second-order valence-corrected chi connectivity index (χ2v) is 8.04. The molecule has 1 aliphatic rings. The van der Waals surface area contributed by atoms with Gasteiger partial charge in [-0.15, -0.1) is 10.2 Å². The predicted octanol–water partition coefficient (Wildman–Crippen LogP) is 3.74. The van der Waals surface area contributed by atoms with Crippen LogP contribution in [-0.2, 0) is 4.79 Å². The quantitative estimate of drug-likeness (QED) is 0.704. The normalized spacial score (nSPS) is 18.3. The molecule has 0 spiro atoms. The number of hydrogen-bond acceptors (Lipinski definition) is 5. The average molecular weight is 397 g/mol. The highest BCUT2D eigenvalue weighted by atomic mass is 32.2. The van der Waals surface area contributed by atoms with Gasteiger partial charge in [0.1, 0.15) is 16.9 Å². The maximum absolute atomic E-state index is 13.4. The minimum Gasteiger partial charge on any atom is -0.325 e. The van der Waals surface area contributed by atoms with E-state index in [1.54, 1.807) is 16.8 Å². The number of carbonyl (C=O) groups is 1. The second kappa shape index (κ2) is 7.27. The minimum atomic E-state index is -0.498. The fourth-order valence-electron chi connectivity index (χ4n) is 3.34. The Bertz CT molecular complexity index is 1010. The number of anilines is 1. The smallest absolute Gasteiger partial charge is 0.240 e. The van der Waals surface area contributed by atoms with Crippen LogP contribution in [0.2, 0.25) is 0 Å². The van der Waals surface area contributed by atoms with Crippen LogP contribution in [0.15, 0.2) is 47.6 Å². The fraction of sp³-hybridized carbons (Fsp3) is 0.250. The summed E-state index contributed by atoms with van der Waals surface area (Å²) in [5, 5.41) is 11.4. The molecule has 2 atom stereocenters. The number of carbonyl (C=O) groups excluding carboxylic acids is 1. The first-order chi connectivity index (χ1) is 13.4. The van der Waals surface area contributed by atoms with Crippen LogP contribution in [0.3, 0.4) is 0 Å². The second-order valence-electron chi connectivity index (χ2n) is 6.93. The fourth-order valence-corrected chi connectivity index (χ4v) is 4.47. The molecule has 2 aromatic carbocycles. The molecule has 0 bridgehead atoms. The number of halogens is 1. The van der Waals surface area contributed by atoms with E-state index >= 15 is 0 Å². The number of nitrogens with one attached hydrogen (secondary N) is 2. The van der Waals surface area contributed by atoms with E-state index in [1.807, 2.05) is 32.9 Å². The van der Waals surface area contributed by atoms with E-state index in [1.165, 1.54) is 23.9 Å². The van der Waals surface area contributed by atoms with Gasteiger partial charge < -0.3 is 10.7 Å². The van der Waals surface area contributed by atoms with Crippen molar-refractivity contribution >= 4 is 23.4 Å². The zero-order valence-electron chi connectivity index (χ0n) is 15.7. The summed E-state index contributed by atoms with van der Waals surface area (Å²) >= 11 is 1.34. The van der Waals surface area contributed by atoms with Crippen LogP contribution in [0, 0.1) is 26.6 Å². The summed E-state index contributed by atoms with van der Waals surface area (Å²) in [6.07, 6.45) is 0. The maximum atomic E-state index is 13.4. The van der Waals surface area contributed by atoms with Crippen LogP contribution in [0.1, 0.15) is 28.6 Å². The van der Waals surface area contributed by atoms with Crippen molar-refractivity contribution in [1.82, 2.24) is 14.9 Å². The van der Waals surface area contributed by atoms with Gasteiger partial charge in [0.15, 0.2) is 0 Å². The number of thioether (sulfide) groups is 1. The zero-order chi connectivity index (χ0) is 19.8. The van der Waals surface area contributed by atoms with Gasteiger partial charge in [-0.1, -0.05) is 30.0 Å². The van der Waals surface area contributed by atoms with Crippen molar-refractivity contribution in [3.05, 3.63) is 70.8 Å². The van der Waals surface area contributed by atoms with Gasteiger partial charge in [-0.2, -0.15) is 0 Å². The Balaban J connectivity index is 1.67. The van der Waals surface area contributed by atoms with Crippen molar-refractivity contribution in [3.63, 3.8) is 0 Å². The molecular formula is C20H20FN5OS. The highest BCUT2D eigenvalue weighted by Crippen LogP contribution is 2.37. The molecule has 6 nitrogen and oxygen atoms in total. The standard InChI is InChI=1S/C20H20FN5OS/c1-11-8-12(2)10-16(9-11)22-19(27)18-17(14-4-6-15(21)7-5-14)25-26-13(3)23-24-20(26)28-18/h4-10,17-18,25H,1-3H3,(H,22,27)/t17-,18+/m0/s1. The molecule has 1 aliphatic heterocycles. The Morgan fingerprint density at radius 3 is 2.46 bits per heavy atom. The monoisotopic (exact) mass is 397 g/mol. The Morgan fingerprint density at radius 2 is 1.79 bits per heavy atom. The lowest BCUT2D eigenvalue weighted by atomic mass is 10.0. The number of nitrogens with zero attached hydrogens (tertiary/aromatic N) is 3. The van der Waals surface area contributed by atoms with Crippen molar-refractivity contribution in [2.24, 2.45) is 0 Å². The highest BCUT2D eigenvalue weighted by Gasteiger charge is 2.37. The number of aromatic nitrogens is 3. The number of rotatable bonds is 3. The van der Waals surface area contributed by atoms with E-state index < -0.39 is 5.25 Å². The molecule has 144 valence electrons. The number of fused-ring (bicyclic) bond motifs is 1. The van der Waals surface area contributed by atoms with Crippen molar-refractivity contribution in [2.75, 3.05) is 10.7 Å². The molecule has 1 aromatic heterocycles. The van der Waals surface area contributed by atoms with E-state index in [-0.39, 0.29) is 17.8 Å². The topological polar surface area (TPSA) is 71.8 Å². The molecule has 2 heterocycles. The average Bonchev–Trinajstić information content (AvgIpc) is 3.01. The zero-order valence-corrected chi connectivity index (χ0v) is 16.5. The molecule has 4 rings (SSSR count). The highest BCUT2D eigenvalue weighted by molar-refractivity contribution is 8.00. The van der Waals surface area contributed by atoms with Crippen LogP contribution >= 0.6 is 11.8 Å². The summed E-state index contributed by atoms with van der Waals surface area (Å²) in [5.41, 5.74) is 7.03. The molecule has 0 fully saturated rings. The lowest BCUT2D eigenvalue weighted by molar-refractivity contribution is -0.116. The molecule has 0 unspecified atom stereocenters.